The number of nitrogens with zero attached hydrogens (tertiary/aromatic N) is 3. The number of anilines is 1. The average Bonchev–Trinajstić information content (AvgIpc) is 3.21. The number of H-pyrrole nitrogens is 1. The molecule has 0 unspecified atom stereocenters. The summed E-state index contributed by atoms with van der Waals surface area (Å²) in [5.74, 6) is 1.18. The van der Waals surface area contributed by atoms with Crippen LogP contribution in [0.25, 0.3) is 0 Å². The zero-order valence-electron chi connectivity index (χ0n) is 17.8. The smallest absolute Gasteiger partial charge is 0.275 e. The Morgan fingerprint density at radius 2 is 2.00 bits per heavy atom. The molecule has 32 heavy (non-hydrogen) atoms. The number of pyridine rings is 1. The van der Waals surface area contributed by atoms with E-state index in [1.165, 1.54) is 44.1 Å². The van der Waals surface area contributed by atoms with Gasteiger partial charge in [0.1, 0.15) is 28.5 Å². The minimum atomic E-state index is -0.298. The number of likely N-dealkylation sites (tertiary alicyclic amines) is 1. The van der Waals surface area contributed by atoms with Crippen LogP contribution in [0, 0.1) is 11.6 Å². The summed E-state index contributed by atoms with van der Waals surface area (Å²) in [6.45, 7) is 5.79. The lowest BCUT2D eigenvalue weighted by molar-refractivity contribution is 0.101. The fraction of sp³-hybridized carbons (Fsp3) is 0.364. The molecule has 0 atom stereocenters. The Balaban J connectivity index is 1.38. The topological polar surface area (TPSA) is 83.1 Å². The molecule has 168 valence electrons. The van der Waals surface area contributed by atoms with Gasteiger partial charge in [0.25, 0.3) is 5.91 Å². The van der Waals surface area contributed by atoms with Crippen molar-refractivity contribution in [2.24, 2.45) is 0 Å². The maximum atomic E-state index is 12.8. The van der Waals surface area contributed by atoms with E-state index in [0.717, 1.165) is 33.6 Å². The second kappa shape index (κ2) is 11.0. The lowest BCUT2D eigenvalue weighted by atomic mass is 10.1. The molecule has 1 aliphatic rings. The van der Waals surface area contributed by atoms with Gasteiger partial charge in [-0.15, -0.1) is 0 Å². The molecule has 1 fully saturated rings. The first kappa shape index (κ1) is 22.9. The fourth-order valence-electron chi connectivity index (χ4n) is 3.43. The molecule has 1 aliphatic heterocycles. The van der Waals surface area contributed by atoms with Gasteiger partial charge in [0.15, 0.2) is 0 Å². The molecule has 10 heteroatoms. The van der Waals surface area contributed by atoms with Gasteiger partial charge in [0, 0.05) is 27.9 Å². The number of piperidine rings is 1. The number of rotatable bonds is 8. The molecule has 3 aromatic rings. The van der Waals surface area contributed by atoms with Crippen molar-refractivity contribution >= 4 is 46.6 Å². The summed E-state index contributed by atoms with van der Waals surface area (Å²) in [4.78, 5) is 24.2. The maximum Gasteiger partial charge on any atom is 0.275 e. The number of nitrogens with one attached hydrogen (secondary N) is 2. The molecular weight excluding hydrogens is 462 g/mol. The first-order chi connectivity index (χ1) is 15.6. The van der Waals surface area contributed by atoms with Gasteiger partial charge in [-0.3, -0.25) is 15.0 Å². The summed E-state index contributed by atoms with van der Waals surface area (Å²) in [7, 11) is 0. The highest BCUT2D eigenvalue weighted by Gasteiger charge is 2.16. The van der Waals surface area contributed by atoms with Crippen molar-refractivity contribution in [2.45, 2.75) is 36.0 Å². The number of aromatic amines is 1. The molecule has 2 N–H and O–H groups in total. The molecular formula is C22H25N5O2S3. The number of hydrogen-bond donors (Lipinski definition) is 2. The van der Waals surface area contributed by atoms with Crippen molar-refractivity contribution in [3.05, 3.63) is 52.6 Å². The molecule has 0 bridgehead atoms. The van der Waals surface area contributed by atoms with Gasteiger partial charge in [-0.1, -0.05) is 30.4 Å². The molecule has 0 radical (unpaired) electrons. The van der Waals surface area contributed by atoms with E-state index < -0.39 is 0 Å². The van der Waals surface area contributed by atoms with Crippen molar-refractivity contribution < 1.29 is 9.53 Å². The van der Waals surface area contributed by atoms with Crippen molar-refractivity contribution in [1.82, 2.24) is 19.2 Å². The minimum Gasteiger partial charge on any atom is -0.492 e. The molecule has 3 heterocycles. The molecule has 7 nitrogen and oxygen atoms in total. The van der Waals surface area contributed by atoms with Crippen LogP contribution < -0.4 is 10.1 Å². The van der Waals surface area contributed by atoms with E-state index in [1.54, 1.807) is 13.0 Å². The van der Waals surface area contributed by atoms with E-state index in [-0.39, 0.29) is 5.91 Å². The molecule has 4 rings (SSSR count). The number of ether oxygens (including phenoxy) is 1. The Morgan fingerprint density at radius 1 is 1.22 bits per heavy atom. The van der Waals surface area contributed by atoms with E-state index in [4.69, 9.17) is 17.0 Å². The highest BCUT2D eigenvalue weighted by molar-refractivity contribution is 7.99. The number of amides is 1. The SMILES string of the molecule is Cc1nsc(NC(=O)c2[nH]c(=S)ccc2Sc2ccc(OCCN3CCCCC3)cc2)n1. The summed E-state index contributed by atoms with van der Waals surface area (Å²) >= 11 is 7.86. The van der Waals surface area contributed by atoms with Gasteiger partial charge in [0.2, 0.25) is 5.13 Å². The van der Waals surface area contributed by atoms with Crippen LogP contribution in [-0.2, 0) is 0 Å². The van der Waals surface area contributed by atoms with Crippen LogP contribution in [0.3, 0.4) is 0 Å². The van der Waals surface area contributed by atoms with Gasteiger partial charge < -0.3 is 9.72 Å². The third kappa shape index (κ3) is 6.38. The van der Waals surface area contributed by atoms with E-state index in [2.05, 4.69) is 24.6 Å². The average molecular weight is 488 g/mol. The van der Waals surface area contributed by atoms with Crippen molar-refractivity contribution in [2.75, 3.05) is 31.6 Å². The van der Waals surface area contributed by atoms with Crippen LogP contribution in [-0.4, -0.2) is 51.4 Å². The van der Waals surface area contributed by atoms with Gasteiger partial charge in [-0.25, -0.2) is 4.98 Å². The van der Waals surface area contributed by atoms with E-state index in [0.29, 0.717) is 27.9 Å². The van der Waals surface area contributed by atoms with Crippen molar-refractivity contribution in [3.63, 3.8) is 0 Å². The van der Waals surface area contributed by atoms with Crippen LogP contribution in [0.15, 0.2) is 46.2 Å². The molecule has 0 spiro atoms. The molecule has 0 saturated carbocycles. The Bertz CT molecular complexity index is 1110. The van der Waals surface area contributed by atoms with Crippen LogP contribution in [0.5, 0.6) is 5.75 Å². The van der Waals surface area contributed by atoms with Crippen LogP contribution in [0.4, 0.5) is 5.13 Å². The standard InChI is InChI=1S/C22H25N5O2S3/c1-15-23-22(32-26-15)25-21(28)20-18(9-10-19(30)24-20)31-17-7-5-16(6-8-17)29-14-13-27-11-3-2-4-12-27/h5-10H,2-4,11-14H2,1H3,(H,24,30)(H,23,25,26,28). The minimum absolute atomic E-state index is 0.298. The summed E-state index contributed by atoms with van der Waals surface area (Å²) < 4.78 is 10.5. The predicted molar refractivity (Wildman–Crippen MR) is 131 cm³/mol. The number of hydrogen-bond acceptors (Lipinski definition) is 8. The van der Waals surface area contributed by atoms with E-state index in [9.17, 15) is 4.79 Å². The zero-order chi connectivity index (χ0) is 22.3. The summed E-state index contributed by atoms with van der Waals surface area (Å²) in [5.41, 5.74) is 0.400. The Kier molecular flexibility index (Phi) is 7.90. The molecule has 1 aromatic carbocycles. The summed E-state index contributed by atoms with van der Waals surface area (Å²) in [6, 6.07) is 11.6. The lowest BCUT2D eigenvalue weighted by Crippen LogP contribution is -2.33. The van der Waals surface area contributed by atoms with Crippen molar-refractivity contribution in [3.8, 4) is 5.75 Å². The Labute approximate surface area is 200 Å². The highest BCUT2D eigenvalue weighted by atomic mass is 32.2. The number of aryl methyl sites for hydroxylation is 1. The summed E-state index contributed by atoms with van der Waals surface area (Å²) in [6.07, 6.45) is 3.92. The first-order valence-corrected chi connectivity index (χ1v) is 12.5. The number of benzene rings is 1. The van der Waals surface area contributed by atoms with Crippen LogP contribution in [0.2, 0.25) is 0 Å². The van der Waals surface area contributed by atoms with E-state index in [1.807, 2.05) is 30.3 Å². The second-order valence-corrected chi connectivity index (χ2v) is 9.79. The number of carbonyl (C=O) groups excluding carboxylic acids is 1. The summed E-state index contributed by atoms with van der Waals surface area (Å²) in [5, 5.41) is 3.24. The first-order valence-electron chi connectivity index (χ1n) is 10.5. The quantitative estimate of drug-likeness (QED) is 0.424. The predicted octanol–water partition coefficient (Wildman–Crippen LogP) is 5.17. The molecule has 1 saturated heterocycles. The van der Waals surface area contributed by atoms with Gasteiger partial charge in [-0.2, -0.15) is 4.37 Å². The lowest BCUT2D eigenvalue weighted by Gasteiger charge is -2.26. The Morgan fingerprint density at radius 3 is 2.72 bits per heavy atom. The zero-order valence-corrected chi connectivity index (χ0v) is 20.2. The maximum absolute atomic E-state index is 12.8. The third-order valence-corrected chi connectivity index (χ3v) is 7.06. The van der Waals surface area contributed by atoms with E-state index >= 15 is 0 Å². The molecule has 2 aromatic heterocycles. The van der Waals surface area contributed by atoms with Crippen LogP contribution >= 0.6 is 35.5 Å². The van der Waals surface area contributed by atoms with Crippen molar-refractivity contribution in [1.29, 1.82) is 0 Å². The molecule has 0 aliphatic carbocycles. The van der Waals surface area contributed by atoms with Crippen LogP contribution in [0.1, 0.15) is 35.6 Å². The number of aromatic nitrogens is 3. The third-order valence-electron chi connectivity index (χ3n) is 5.03. The number of carbonyl (C=O) groups is 1. The normalized spacial score (nSPS) is 14.3. The highest BCUT2D eigenvalue weighted by Crippen LogP contribution is 2.31. The largest absolute Gasteiger partial charge is 0.492 e. The second-order valence-electron chi connectivity index (χ2n) is 7.49. The van der Waals surface area contributed by atoms with Gasteiger partial charge in [-0.05, 0) is 69.3 Å². The fourth-order valence-corrected chi connectivity index (χ4v) is 5.08. The Hall–Kier alpha value is -2.27. The van der Waals surface area contributed by atoms with Gasteiger partial charge in [0.05, 0.1) is 0 Å². The molecule has 1 amide bonds. The van der Waals surface area contributed by atoms with Gasteiger partial charge >= 0.3 is 0 Å². The monoisotopic (exact) mass is 487 g/mol.